The number of rotatable bonds is 8. The lowest BCUT2D eigenvalue weighted by atomic mass is 9.83. The summed E-state index contributed by atoms with van der Waals surface area (Å²) in [6.45, 7) is 11.1. The Morgan fingerprint density at radius 1 is 1.00 bits per heavy atom. The number of nitrogens with zero attached hydrogens (tertiary/aromatic N) is 2. The summed E-state index contributed by atoms with van der Waals surface area (Å²) < 4.78 is 0. The first-order valence-corrected chi connectivity index (χ1v) is 11.5. The number of hydrogen-bond donors (Lipinski definition) is 1. The zero-order valence-electron chi connectivity index (χ0n) is 18.0. The minimum atomic E-state index is 0.102. The number of amides is 1. The molecule has 0 aromatic heterocycles. The highest BCUT2D eigenvalue weighted by atomic mass is 16.1. The van der Waals surface area contributed by atoms with E-state index in [1.54, 1.807) is 0 Å². The fourth-order valence-corrected chi connectivity index (χ4v) is 4.81. The van der Waals surface area contributed by atoms with Crippen molar-refractivity contribution in [2.45, 2.75) is 71.4 Å². The van der Waals surface area contributed by atoms with Gasteiger partial charge in [0, 0.05) is 24.7 Å². The van der Waals surface area contributed by atoms with Gasteiger partial charge in [-0.1, -0.05) is 45.2 Å². The Hall–Kier alpha value is -1.39. The highest BCUT2D eigenvalue weighted by molar-refractivity contribution is 5.94. The zero-order valence-corrected chi connectivity index (χ0v) is 18.0. The molecule has 1 aromatic carbocycles. The normalized spacial score (nSPS) is 23.7. The number of hydrogen-bond acceptors (Lipinski definition) is 3. The van der Waals surface area contributed by atoms with Gasteiger partial charge in [0.2, 0.25) is 0 Å². The Labute approximate surface area is 171 Å². The maximum Gasteiger partial charge on any atom is 0.251 e. The Morgan fingerprint density at radius 2 is 1.68 bits per heavy atom. The summed E-state index contributed by atoms with van der Waals surface area (Å²) in [7, 11) is 0. The molecule has 2 fully saturated rings. The first-order valence-electron chi connectivity index (χ1n) is 11.5. The van der Waals surface area contributed by atoms with Crippen molar-refractivity contribution in [3.05, 3.63) is 35.4 Å². The maximum atomic E-state index is 12.9. The van der Waals surface area contributed by atoms with Crippen LogP contribution in [0.3, 0.4) is 0 Å². The topological polar surface area (TPSA) is 35.6 Å². The van der Waals surface area contributed by atoms with Gasteiger partial charge in [-0.15, -0.1) is 0 Å². The Balaban J connectivity index is 1.55. The lowest BCUT2D eigenvalue weighted by molar-refractivity contribution is 0.0877. The molecule has 1 aromatic rings. The summed E-state index contributed by atoms with van der Waals surface area (Å²) in [4.78, 5) is 17.9. The largest absolute Gasteiger partial charge is 0.349 e. The maximum absolute atomic E-state index is 12.9. The molecule has 1 N–H and O–H groups in total. The number of benzene rings is 1. The summed E-state index contributed by atoms with van der Waals surface area (Å²) in [6.07, 6.45) is 8.99. The van der Waals surface area contributed by atoms with Crippen molar-refractivity contribution in [2.75, 3.05) is 32.7 Å². The van der Waals surface area contributed by atoms with E-state index in [1.807, 2.05) is 12.1 Å². The Morgan fingerprint density at radius 3 is 2.36 bits per heavy atom. The van der Waals surface area contributed by atoms with Crippen LogP contribution in [0.15, 0.2) is 24.3 Å². The number of likely N-dealkylation sites (tertiary alicyclic amines) is 1. The van der Waals surface area contributed by atoms with Crippen molar-refractivity contribution >= 4 is 5.91 Å². The van der Waals surface area contributed by atoms with E-state index < -0.39 is 0 Å². The van der Waals surface area contributed by atoms with Crippen molar-refractivity contribution in [3.8, 4) is 0 Å². The van der Waals surface area contributed by atoms with Gasteiger partial charge in [-0.25, -0.2) is 0 Å². The molecule has 3 rings (SSSR count). The quantitative estimate of drug-likeness (QED) is 0.724. The SMILES string of the molecule is CCN(CC)Cc1ccc(C(=O)N[C@@H]2CCCC[C@H]2CN2CCCCC2)cc1. The minimum Gasteiger partial charge on any atom is -0.349 e. The molecular weight excluding hydrogens is 346 g/mol. The van der Waals surface area contributed by atoms with Gasteiger partial charge in [0.05, 0.1) is 0 Å². The number of piperidine rings is 1. The van der Waals surface area contributed by atoms with Gasteiger partial charge in [0.15, 0.2) is 0 Å². The number of carbonyl (C=O) groups excluding carboxylic acids is 1. The second kappa shape index (κ2) is 11.0. The van der Waals surface area contributed by atoms with Crippen LogP contribution in [0.25, 0.3) is 0 Å². The molecule has 1 aliphatic carbocycles. The van der Waals surface area contributed by atoms with E-state index in [9.17, 15) is 4.79 Å². The molecule has 0 unspecified atom stereocenters. The van der Waals surface area contributed by atoms with Crippen molar-refractivity contribution in [1.29, 1.82) is 0 Å². The fourth-order valence-electron chi connectivity index (χ4n) is 4.81. The third kappa shape index (κ3) is 6.05. The summed E-state index contributed by atoms with van der Waals surface area (Å²) in [5.41, 5.74) is 2.08. The minimum absolute atomic E-state index is 0.102. The average Bonchev–Trinajstić information content (AvgIpc) is 2.74. The van der Waals surface area contributed by atoms with E-state index >= 15 is 0 Å². The highest BCUT2D eigenvalue weighted by Crippen LogP contribution is 2.26. The lowest BCUT2D eigenvalue weighted by Crippen LogP contribution is -2.47. The van der Waals surface area contributed by atoms with Crippen molar-refractivity contribution in [2.24, 2.45) is 5.92 Å². The molecule has 4 heteroatoms. The van der Waals surface area contributed by atoms with Gasteiger partial charge in [-0.05, 0) is 75.5 Å². The summed E-state index contributed by atoms with van der Waals surface area (Å²) in [5, 5.41) is 3.38. The summed E-state index contributed by atoms with van der Waals surface area (Å²) in [6, 6.07) is 8.55. The third-order valence-electron chi connectivity index (χ3n) is 6.68. The molecule has 4 nitrogen and oxygen atoms in total. The van der Waals surface area contributed by atoms with E-state index in [0.717, 1.165) is 38.2 Å². The zero-order chi connectivity index (χ0) is 19.8. The van der Waals surface area contributed by atoms with Crippen LogP contribution in [0.2, 0.25) is 0 Å². The molecule has 2 atom stereocenters. The van der Waals surface area contributed by atoms with Crippen LogP contribution in [-0.2, 0) is 6.54 Å². The van der Waals surface area contributed by atoms with Gasteiger partial charge < -0.3 is 10.2 Å². The van der Waals surface area contributed by atoms with E-state index in [4.69, 9.17) is 0 Å². The fraction of sp³-hybridized carbons (Fsp3) is 0.708. The van der Waals surface area contributed by atoms with Crippen LogP contribution < -0.4 is 5.32 Å². The predicted molar refractivity (Wildman–Crippen MR) is 117 cm³/mol. The first-order chi connectivity index (χ1) is 13.7. The molecule has 0 bridgehead atoms. The van der Waals surface area contributed by atoms with E-state index in [2.05, 4.69) is 41.1 Å². The van der Waals surface area contributed by atoms with Crippen molar-refractivity contribution < 1.29 is 4.79 Å². The van der Waals surface area contributed by atoms with Crippen LogP contribution in [0, 0.1) is 5.92 Å². The summed E-state index contributed by atoms with van der Waals surface area (Å²) in [5.74, 6) is 0.711. The second-order valence-electron chi connectivity index (χ2n) is 8.64. The molecule has 0 radical (unpaired) electrons. The van der Waals surface area contributed by atoms with E-state index in [1.165, 1.54) is 57.2 Å². The number of nitrogens with one attached hydrogen (secondary N) is 1. The van der Waals surface area contributed by atoms with Crippen LogP contribution in [-0.4, -0.2) is 54.5 Å². The Bertz CT molecular complexity index is 590. The molecule has 1 aliphatic heterocycles. The van der Waals surface area contributed by atoms with Gasteiger partial charge in [-0.2, -0.15) is 0 Å². The van der Waals surface area contributed by atoms with E-state index in [-0.39, 0.29) is 5.91 Å². The molecule has 28 heavy (non-hydrogen) atoms. The highest BCUT2D eigenvalue weighted by Gasteiger charge is 2.28. The van der Waals surface area contributed by atoms with Gasteiger partial charge in [0.25, 0.3) is 5.91 Å². The molecule has 1 heterocycles. The Kier molecular flexibility index (Phi) is 8.35. The van der Waals surface area contributed by atoms with Gasteiger partial charge >= 0.3 is 0 Å². The lowest BCUT2D eigenvalue weighted by Gasteiger charge is -2.37. The third-order valence-corrected chi connectivity index (χ3v) is 6.68. The van der Waals surface area contributed by atoms with Crippen LogP contribution >= 0.6 is 0 Å². The number of carbonyl (C=O) groups is 1. The molecule has 1 amide bonds. The van der Waals surface area contributed by atoms with Crippen LogP contribution in [0.5, 0.6) is 0 Å². The molecular formula is C24H39N3O. The van der Waals surface area contributed by atoms with Crippen molar-refractivity contribution in [1.82, 2.24) is 15.1 Å². The molecule has 156 valence electrons. The van der Waals surface area contributed by atoms with E-state index in [0.29, 0.717) is 12.0 Å². The van der Waals surface area contributed by atoms with Crippen LogP contribution in [0.4, 0.5) is 0 Å². The second-order valence-corrected chi connectivity index (χ2v) is 8.64. The van der Waals surface area contributed by atoms with Crippen molar-refractivity contribution in [3.63, 3.8) is 0 Å². The van der Waals surface area contributed by atoms with Gasteiger partial charge in [0.1, 0.15) is 0 Å². The molecule has 2 aliphatic rings. The summed E-state index contributed by atoms with van der Waals surface area (Å²) >= 11 is 0. The first kappa shape index (κ1) is 21.3. The standard InChI is InChI=1S/C24H39N3O/c1-3-26(4-2)18-20-12-14-21(15-13-20)24(28)25-23-11-7-6-10-22(23)19-27-16-8-5-9-17-27/h12-15,22-23H,3-11,16-19H2,1-2H3,(H,25,28)/t22-,23+/m0/s1. The average molecular weight is 386 g/mol. The molecule has 1 saturated heterocycles. The predicted octanol–water partition coefficient (Wildman–Crippen LogP) is 4.30. The molecule has 1 saturated carbocycles. The monoisotopic (exact) mass is 385 g/mol. The molecule has 0 spiro atoms. The van der Waals surface area contributed by atoms with Gasteiger partial charge in [-0.3, -0.25) is 9.69 Å². The van der Waals surface area contributed by atoms with Crippen LogP contribution in [0.1, 0.15) is 74.7 Å². The smallest absolute Gasteiger partial charge is 0.251 e.